The summed E-state index contributed by atoms with van der Waals surface area (Å²) in [6.07, 6.45) is -11.6. The summed E-state index contributed by atoms with van der Waals surface area (Å²) < 4.78 is 35.0. The largest absolute Gasteiger partial charge is 0.459 e. The van der Waals surface area contributed by atoms with Gasteiger partial charge in [0.25, 0.3) is 0 Å². The van der Waals surface area contributed by atoms with Gasteiger partial charge in [-0.2, -0.15) is 0 Å². The summed E-state index contributed by atoms with van der Waals surface area (Å²) in [4.78, 5) is 26.0. The third-order valence-electron chi connectivity index (χ3n) is 9.88. The van der Waals surface area contributed by atoms with Crippen LogP contribution in [0.5, 0.6) is 0 Å². The minimum Gasteiger partial charge on any atom is -0.459 e. The van der Waals surface area contributed by atoms with E-state index in [2.05, 4.69) is 0 Å². The highest BCUT2D eigenvalue weighted by atomic mass is 16.7. The zero-order valence-corrected chi connectivity index (χ0v) is 20.3. The number of epoxide rings is 2. The number of carbonyl (C=O) groups is 2. The molecular weight excluding hydrogens is 496 g/mol. The normalized spacial score (nSPS) is 59.6. The average Bonchev–Trinajstić information content (AvgIpc) is 3.77. The maximum atomic E-state index is 13.1. The molecule has 13 nitrogen and oxygen atoms in total. The predicted octanol–water partition coefficient (Wildman–Crippen LogP) is -3.11. The molecule has 6 fully saturated rings. The number of cyclic esters (lactones) is 1. The molecule has 13 heteroatoms. The summed E-state index contributed by atoms with van der Waals surface area (Å²) in [5.41, 5.74) is -2.75. The van der Waals surface area contributed by atoms with Crippen molar-refractivity contribution in [3.63, 3.8) is 0 Å². The fourth-order valence-electron chi connectivity index (χ4n) is 8.02. The summed E-state index contributed by atoms with van der Waals surface area (Å²) in [6, 6.07) is 0. The van der Waals surface area contributed by atoms with E-state index in [-0.39, 0.29) is 0 Å². The van der Waals surface area contributed by atoms with Gasteiger partial charge in [0, 0.05) is 17.4 Å². The number of aliphatic hydroxyl groups is 5. The zero-order valence-electron chi connectivity index (χ0n) is 20.3. The quantitative estimate of drug-likeness (QED) is 0.182. The van der Waals surface area contributed by atoms with E-state index in [1.54, 1.807) is 13.8 Å². The van der Waals surface area contributed by atoms with Crippen LogP contribution in [-0.2, 0) is 38.0 Å². The average molecular weight is 526 g/mol. The topological polar surface area (TPSA) is 197 Å². The standard InChI is InChI=1S/C24H30O13/c1-6(32-20-12(29)11(28)10(27)7(5-25)33-20)17-24-8(4-9(26)34-17)22(2)15-13(19(24)37-24)36-21(31)23(15,3)16(30)14-18(22)35-14/h4,6-7,10-20,25,27-30H,5H2,1-3H3/t6-,7+,10+,11-,12+,13-,14+,15+,16-,17+,18+,19+,20+,22+,23+,24+/m0/s1. The van der Waals surface area contributed by atoms with E-state index < -0.39 is 114 Å². The van der Waals surface area contributed by atoms with Crippen molar-refractivity contribution in [3.8, 4) is 0 Å². The predicted molar refractivity (Wildman–Crippen MR) is 114 cm³/mol. The van der Waals surface area contributed by atoms with Crippen molar-refractivity contribution in [2.75, 3.05) is 6.61 Å². The second-order valence-electron chi connectivity index (χ2n) is 11.7. The van der Waals surface area contributed by atoms with Crippen LogP contribution in [0.1, 0.15) is 20.8 Å². The molecule has 7 aliphatic rings. The maximum absolute atomic E-state index is 13.1. The third kappa shape index (κ3) is 2.70. The van der Waals surface area contributed by atoms with Crippen molar-refractivity contribution in [2.24, 2.45) is 16.7 Å². The third-order valence-corrected chi connectivity index (χ3v) is 9.88. The van der Waals surface area contributed by atoms with Gasteiger partial charge in [0.05, 0.1) is 24.9 Å². The molecule has 0 radical (unpaired) electrons. The van der Waals surface area contributed by atoms with Crippen LogP contribution < -0.4 is 0 Å². The summed E-state index contributed by atoms with van der Waals surface area (Å²) in [5, 5.41) is 51.1. The van der Waals surface area contributed by atoms with Crippen molar-refractivity contribution in [2.45, 2.75) is 99.8 Å². The van der Waals surface area contributed by atoms with E-state index in [0.717, 1.165) is 0 Å². The SMILES string of the molecule is C[C@H](O[C@@H]1O[C@H](CO)[C@@H](O)[C@H](O)[C@H]1O)[C@H]1OC(=O)C=C2[C@]3(C)[C@H]4[C@H](OC(=O)[C@@]4(C)[C@@H](O)[C@H]4O[C@H]43)[C@H]3O[C@@]231. The minimum atomic E-state index is -1.65. The van der Waals surface area contributed by atoms with Crippen LogP contribution in [0.2, 0.25) is 0 Å². The molecule has 5 heterocycles. The molecule has 2 aliphatic carbocycles. The van der Waals surface area contributed by atoms with Crippen LogP contribution >= 0.6 is 0 Å². The Labute approximate surface area is 210 Å². The molecule has 0 aromatic rings. The van der Waals surface area contributed by atoms with Gasteiger partial charge in [-0.3, -0.25) is 4.79 Å². The Kier molecular flexibility index (Phi) is 4.80. The molecule has 0 unspecified atom stereocenters. The van der Waals surface area contributed by atoms with Gasteiger partial charge in [-0.15, -0.1) is 0 Å². The van der Waals surface area contributed by atoms with Crippen molar-refractivity contribution in [1.82, 2.24) is 0 Å². The van der Waals surface area contributed by atoms with Gasteiger partial charge in [0.15, 0.2) is 18.0 Å². The van der Waals surface area contributed by atoms with Crippen LogP contribution in [0, 0.1) is 16.7 Å². The lowest BCUT2D eigenvalue weighted by molar-refractivity contribution is -0.317. The first-order chi connectivity index (χ1) is 17.4. The number of fused-ring (bicyclic) bond motifs is 4. The summed E-state index contributed by atoms with van der Waals surface area (Å²) in [6.45, 7) is 4.52. The van der Waals surface area contributed by atoms with Crippen LogP contribution in [0.15, 0.2) is 11.6 Å². The van der Waals surface area contributed by atoms with Gasteiger partial charge in [-0.1, -0.05) is 6.92 Å². The monoisotopic (exact) mass is 526 g/mol. The van der Waals surface area contributed by atoms with Gasteiger partial charge >= 0.3 is 11.9 Å². The Hall–Kier alpha value is -1.68. The molecule has 5 aliphatic heterocycles. The maximum Gasteiger partial charge on any atom is 0.331 e. The highest BCUT2D eigenvalue weighted by Crippen LogP contribution is 2.75. The first kappa shape index (κ1) is 24.4. The molecule has 4 saturated heterocycles. The zero-order chi connectivity index (χ0) is 26.4. The Morgan fingerprint density at radius 3 is 2.41 bits per heavy atom. The fraction of sp³-hybridized carbons (Fsp3) is 0.833. The van der Waals surface area contributed by atoms with Crippen LogP contribution in [-0.4, -0.2) is 123 Å². The molecule has 1 spiro atoms. The molecule has 0 bridgehead atoms. The van der Waals surface area contributed by atoms with Gasteiger partial charge in [0.2, 0.25) is 0 Å². The Morgan fingerprint density at radius 2 is 1.70 bits per heavy atom. The number of hydrogen-bond donors (Lipinski definition) is 5. The second-order valence-corrected chi connectivity index (χ2v) is 11.7. The number of rotatable bonds is 4. The van der Waals surface area contributed by atoms with E-state index in [1.807, 2.05) is 6.92 Å². The lowest BCUT2D eigenvalue weighted by Crippen LogP contribution is -2.66. The number of aliphatic hydroxyl groups excluding tert-OH is 5. The van der Waals surface area contributed by atoms with Gasteiger partial charge in [-0.25, -0.2) is 4.79 Å². The lowest BCUT2D eigenvalue weighted by Gasteiger charge is -2.53. The van der Waals surface area contributed by atoms with E-state index in [4.69, 9.17) is 28.4 Å². The van der Waals surface area contributed by atoms with Crippen LogP contribution in [0.4, 0.5) is 0 Å². The minimum absolute atomic E-state index is 0.459. The summed E-state index contributed by atoms with van der Waals surface area (Å²) in [5.74, 6) is -1.71. The number of hydrogen-bond acceptors (Lipinski definition) is 13. The smallest absolute Gasteiger partial charge is 0.331 e. The Balaban J connectivity index is 1.24. The molecule has 5 N–H and O–H groups in total. The molecular formula is C24H30O13. The Morgan fingerprint density at radius 1 is 0.973 bits per heavy atom. The highest BCUT2D eigenvalue weighted by molar-refractivity contribution is 5.88. The van der Waals surface area contributed by atoms with Gasteiger partial charge in [-0.05, 0) is 19.4 Å². The number of esters is 2. The fourth-order valence-corrected chi connectivity index (χ4v) is 8.02. The van der Waals surface area contributed by atoms with Crippen LogP contribution in [0.3, 0.4) is 0 Å². The van der Waals surface area contributed by atoms with Gasteiger partial charge < -0.3 is 54.0 Å². The molecule has 37 heavy (non-hydrogen) atoms. The molecule has 2 saturated carbocycles. The summed E-state index contributed by atoms with van der Waals surface area (Å²) in [7, 11) is 0. The number of ether oxygens (including phenoxy) is 6. The first-order valence-electron chi connectivity index (χ1n) is 12.5. The van der Waals surface area contributed by atoms with Crippen molar-refractivity contribution >= 4 is 11.9 Å². The van der Waals surface area contributed by atoms with E-state index in [1.165, 1.54) is 6.08 Å². The number of carbonyl (C=O) groups excluding carboxylic acids is 2. The molecule has 7 rings (SSSR count). The molecule has 16 atom stereocenters. The molecule has 0 aromatic heterocycles. The Bertz CT molecular complexity index is 1090. The summed E-state index contributed by atoms with van der Waals surface area (Å²) >= 11 is 0. The molecule has 204 valence electrons. The van der Waals surface area contributed by atoms with Crippen molar-refractivity contribution in [1.29, 1.82) is 0 Å². The lowest BCUT2D eigenvalue weighted by atomic mass is 9.46. The molecule has 0 amide bonds. The van der Waals surface area contributed by atoms with Crippen LogP contribution in [0.25, 0.3) is 0 Å². The molecule has 0 aromatic carbocycles. The van der Waals surface area contributed by atoms with Crippen molar-refractivity contribution < 1.29 is 63.5 Å². The van der Waals surface area contributed by atoms with Gasteiger partial charge in [0.1, 0.15) is 48.1 Å². The van der Waals surface area contributed by atoms with Crippen molar-refractivity contribution in [3.05, 3.63) is 11.6 Å². The van der Waals surface area contributed by atoms with E-state index in [0.29, 0.717) is 5.57 Å². The second kappa shape index (κ2) is 7.29. The van der Waals surface area contributed by atoms with E-state index in [9.17, 15) is 35.1 Å². The van der Waals surface area contributed by atoms with E-state index >= 15 is 0 Å². The highest BCUT2D eigenvalue weighted by Gasteiger charge is 2.89. The first-order valence-corrected chi connectivity index (χ1v) is 12.5.